The zero-order chi connectivity index (χ0) is 16.5. The lowest BCUT2D eigenvalue weighted by atomic mass is 9.75. The maximum atomic E-state index is 12.5. The third kappa shape index (κ3) is 3.31. The first kappa shape index (κ1) is 16.9. The third-order valence-corrected chi connectivity index (χ3v) is 5.14. The summed E-state index contributed by atoms with van der Waals surface area (Å²) in [4.78, 5) is 25.0. The van der Waals surface area contributed by atoms with Crippen molar-refractivity contribution in [1.29, 1.82) is 0 Å². The summed E-state index contributed by atoms with van der Waals surface area (Å²) in [5.41, 5.74) is 3.95. The predicted molar refractivity (Wildman–Crippen MR) is 90.6 cm³/mol. The van der Waals surface area contributed by atoms with E-state index in [2.05, 4.69) is 40.3 Å². The van der Waals surface area contributed by atoms with Crippen LogP contribution >= 0.6 is 0 Å². The Morgan fingerprint density at radius 2 is 1.73 bits per heavy atom. The number of hydrogen-bond acceptors (Lipinski definition) is 2. The summed E-state index contributed by atoms with van der Waals surface area (Å²) in [5, 5.41) is 0. The molecule has 0 radical (unpaired) electrons. The molecule has 1 unspecified atom stereocenters. The van der Waals surface area contributed by atoms with Gasteiger partial charge >= 0.3 is 0 Å². The van der Waals surface area contributed by atoms with Gasteiger partial charge in [-0.15, -0.1) is 0 Å². The van der Waals surface area contributed by atoms with Gasteiger partial charge in [0, 0.05) is 18.3 Å². The first-order valence-electron chi connectivity index (χ1n) is 8.38. The van der Waals surface area contributed by atoms with Crippen molar-refractivity contribution in [3.63, 3.8) is 0 Å². The highest BCUT2D eigenvalue weighted by atomic mass is 16.1. The van der Waals surface area contributed by atoms with Crippen LogP contribution in [0.5, 0.6) is 0 Å². The van der Waals surface area contributed by atoms with E-state index in [0.29, 0.717) is 18.4 Å². The predicted octanol–water partition coefficient (Wildman–Crippen LogP) is 4.95. The van der Waals surface area contributed by atoms with E-state index in [1.165, 1.54) is 11.1 Å². The van der Waals surface area contributed by atoms with Gasteiger partial charge in [0.25, 0.3) is 0 Å². The van der Waals surface area contributed by atoms with Crippen molar-refractivity contribution < 1.29 is 9.59 Å². The SMILES string of the molecule is C=C1CC/C=C(/C)CCC2=C(C(C)C)C(=O)CC2(C)CC1=O. The van der Waals surface area contributed by atoms with Gasteiger partial charge < -0.3 is 0 Å². The standard InChI is InChI=1S/C20H28O2/c1-13(2)19-16-10-9-14(3)7-6-8-15(4)17(21)11-20(16,5)12-18(19)22/h7,13H,4,6,8-12H2,1-3,5H3/b14-7-. The molecule has 0 aromatic carbocycles. The van der Waals surface area contributed by atoms with Crippen LogP contribution in [0.1, 0.15) is 66.2 Å². The smallest absolute Gasteiger partial charge is 0.159 e. The molecule has 120 valence electrons. The summed E-state index contributed by atoms with van der Waals surface area (Å²) in [6, 6.07) is 0. The summed E-state index contributed by atoms with van der Waals surface area (Å²) in [6.07, 6.45) is 6.64. The van der Waals surface area contributed by atoms with Gasteiger partial charge in [0.05, 0.1) is 0 Å². The Balaban J connectivity index is 2.47. The maximum absolute atomic E-state index is 12.5. The topological polar surface area (TPSA) is 34.1 Å². The Hall–Kier alpha value is -1.44. The van der Waals surface area contributed by atoms with Crippen LogP contribution in [-0.4, -0.2) is 11.6 Å². The molecule has 2 aliphatic carbocycles. The quantitative estimate of drug-likeness (QED) is 0.507. The van der Waals surface area contributed by atoms with E-state index < -0.39 is 0 Å². The number of fused-ring (bicyclic) bond motifs is 1. The van der Waals surface area contributed by atoms with Crippen molar-refractivity contribution in [2.24, 2.45) is 11.3 Å². The molecule has 2 nitrogen and oxygen atoms in total. The molecule has 2 aliphatic rings. The number of ketones is 2. The molecule has 0 aromatic heterocycles. The molecule has 0 bridgehead atoms. The summed E-state index contributed by atoms with van der Waals surface area (Å²) < 4.78 is 0. The molecule has 0 amide bonds. The van der Waals surface area contributed by atoms with Gasteiger partial charge in [0.15, 0.2) is 11.6 Å². The van der Waals surface area contributed by atoms with Crippen LogP contribution in [0, 0.1) is 11.3 Å². The normalized spacial score (nSPS) is 30.2. The molecule has 0 spiro atoms. The van der Waals surface area contributed by atoms with Crippen molar-refractivity contribution in [3.8, 4) is 0 Å². The van der Waals surface area contributed by atoms with Gasteiger partial charge in [-0.2, -0.15) is 0 Å². The largest absolute Gasteiger partial charge is 0.295 e. The highest BCUT2D eigenvalue weighted by Gasteiger charge is 2.43. The number of Topliss-reactive ketones (excluding diaryl/α,β-unsaturated/α-hetero) is 2. The number of carbonyl (C=O) groups excluding carboxylic acids is 2. The summed E-state index contributed by atoms with van der Waals surface area (Å²) >= 11 is 0. The number of hydrogen-bond donors (Lipinski definition) is 0. The van der Waals surface area contributed by atoms with Crippen LogP contribution in [0.15, 0.2) is 34.9 Å². The monoisotopic (exact) mass is 300 g/mol. The van der Waals surface area contributed by atoms with E-state index >= 15 is 0 Å². The molecule has 0 aliphatic heterocycles. The van der Waals surface area contributed by atoms with E-state index in [9.17, 15) is 9.59 Å². The van der Waals surface area contributed by atoms with E-state index in [1.807, 2.05) is 0 Å². The first-order valence-corrected chi connectivity index (χ1v) is 8.38. The Morgan fingerprint density at radius 1 is 1.09 bits per heavy atom. The fraction of sp³-hybridized carbons (Fsp3) is 0.600. The third-order valence-electron chi connectivity index (χ3n) is 5.14. The van der Waals surface area contributed by atoms with Crippen molar-refractivity contribution >= 4 is 11.6 Å². The van der Waals surface area contributed by atoms with Crippen LogP contribution in [0.2, 0.25) is 0 Å². The van der Waals surface area contributed by atoms with E-state index in [0.717, 1.165) is 31.3 Å². The second kappa shape index (κ2) is 6.36. The molecule has 0 saturated carbocycles. The zero-order valence-corrected chi connectivity index (χ0v) is 14.4. The van der Waals surface area contributed by atoms with Crippen LogP contribution in [0.3, 0.4) is 0 Å². The zero-order valence-electron chi connectivity index (χ0n) is 14.4. The summed E-state index contributed by atoms with van der Waals surface area (Å²) in [6.45, 7) is 12.4. The average molecular weight is 300 g/mol. The van der Waals surface area contributed by atoms with Gasteiger partial charge in [0.2, 0.25) is 0 Å². The van der Waals surface area contributed by atoms with Gasteiger partial charge in [-0.25, -0.2) is 0 Å². The molecule has 22 heavy (non-hydrogen) atoms. The lowest BCUT2D eigenvalue weighted by Crippen LogP contribution is -2.22. The lowest BCUT2D eigenvalue weighted by molar-refractivity contribution is -0.118. The number of allylic oxidation sites excluding steroid dienone is 5. The van der Waals surface area contributed by atoms with E-state index in [1.54, 1.807) is 0 Å². The molecule has 0 heterocycles. The molecule has 0 fully saturated rings. The molecule has 0 saturated heterocycles. The molecule has 0 aromatic rings. The summed E-state index contributed by atoms with van der Waals surface area (Å²) in [5.74, 6) is 0.604. The minimum Gasteiger partial charge on any atom is -0.295 e. The molecule has 2 heteroatoms. The number of rotatable bonds is 1. The Labute approximate surface area is 134 Å². The second-order valence-electron chi connectivity index (χ2n) is 7.50. The molecular weight excluding hydrogens is 272 g/mol. The van der Waals surface area contributed by atoms with Gasteiger partial charge in [-0.05, 0) is 49.7 Å². The van der Waals surface area contributed by atoms with Crippen molar-refractivity contribution in [3.05, 3.63) is 34.9 Å². The van der Waals surface area contributed by atoms with Crippen LogP contribution in [0.4, 0.5) is 0 Å². The van der Waals surface area contributed by atoms with E-state index in [-0.39, 0.29) is 22.9 Å². The van der Waals surface area contributed by atoms with Gasteiger partial charge in [0.1, 0.15) is 0 Å². The summed E-state index contributed by atoms with van der Waals surface area (Å²) in [7, 11) is 0. The van der Waals surface area contributed by atoms with Gasteiger partial charge in [-0.1, -0.05) is 44.6 Å². The molecule has 2 rings (SSSR count). The minimum absolute atomic E-state index is 0.130. The first-order chi connectivity index (χ1) is 10.2. The molecule has 1 atom stereocenters. The minimum atomic E-state index is -0.304. The fourth-order valence-corrected chi connectivity index (χ4v) is 3.86. The van der Waals surface area contributed by atoms with Gasteiger partial charge in [-0.3, -0.25) is 9.59 Å². The highest BCUT2D eigenvalue weighted by Crippen LogP contribution is 2.48. The maximum Gasteiger partial charge on any atom is 0.159 e. The average Bonchev–Trinajstić information content (AvgIpc) is 2.65. The Bertz CT molecular complexity index is 575. The Morgan fingerprint density at radius 3 is 2.36 bits per heavy atom. The van der Waals surface area contributed by atoms with Crippen molar-refractivity contribution in [2.45, 2.75) is 66.2 Å². The van der Waals surface area contributed by atoms with Crippen LogP contribution < -0.4 is 0 Å². The highest BCUT2D eigenvalue weighted by molar-refractivity contribution is 6.02. The van der Waals surface area contributed by atoms with Crippen LogP contribution in [-0.2, 0) is 9.59 Å². The lowest BCUT2D eigenvalue weighted by Gasteiger charge is -2.28. The van der Waals surface area contributed by atoms with Crippen LogP contribution in [0.25, 0.3) is 0 Å². The van der Waals surface area contributed by atoms with E-state index in [4.69, 9.17) is 0 Å². The molecule has 0 N–H and O–H groups in total. The van der Waals surface area contributed by atoms with Crippen molar-refractivity contribution in [1.82, 2.24) is 0 Å². The Kier molecular flexibility index (Phi) is 4.89. The molecular formula is C20H28O2. The second-order valence-corrected chi connectivity index (χ2v) is 7.50. The fourth-order valence-electron chi connectivity index (χ4n) is 3.86. The van der Waals surface area contributed by atoms with Crippen molar-refractivity contribution in [2.75, 3.05) is 0 Å². The number of carbonyl (C=O) groups is 2.